The first-order chi connectivity index (χ1) is 10.8. The zero-order chi connectivity index (χ0) is 17.1. The van der Waals surface area contributed by atoms with E-state index in [1.54, 1.807) is 7.11 Å². The molecule has 124 valence electrons. The predicted octanol–water partition coefficient (Wildman–Crippen LogP) is 3.20. The molecule has 23 heavy (non-hydrogen) atoms. The van der Waals surface area contributed by atoms with Crippen LogP contribution in [0, 0.1) is 0 Å². The highest BCUT2D eigenvalue weighted by molar-refractivity contribution is 9.10. The molecule has 1 atom stereocenters. The summed E-state index contributed by atoms with van der Waals surface area (Å²) in [5.41, 5.74) is 2.09. The maximum atomic E-state index is 12.5. The summed E-state index contributed by atoms with van der Waals surface area (Å²) in [6.07, 6.45) is -0.195. The Labute approximate surface area is 149 Å². The first kappa shape index (κ1) is 17.7. The van der Waals surface area contributed by atoms with Gasteiger partial charge in [-0.15, -0.1) is 0 Å². The molecule has 0 bridgehead atoms. The molecule has 0 spiro atoms. The van der Waals surface area contributed by atoms with Crippen LogP contribution in [-0.4, -0.2) is 24.3 Å². The van der Waals surface area contributed by atoms with Crippen LogP contribution >= 0.6 is 28.1 Å². The van der Waals surface area contributed by atoms with Crippen LogP contribution in [0.4, 0.5) is 0 Å². The highest BCUT2D eigenvalue weighted by Crippen LogP contribution is 2.33. The van der Waals surface area contributed by atoms with Gasteiger partial charge in [-0.25, -0.2) is 4.79 Å². The first-order valence-electron chi connectivity index (χ1n) is 7.16. The van der Waals surface area contributed by atoms with Crippen molar-refractivity contribution in [2.45, 2.75) is 32.9 Å². The largest absolute Gasteiger partial charge is 0.496 e. The minimum atomic E-state index is -0.378. The van der Waals surface area contributed by atoms with E-state index in [1.807, 2.05) is 39.0 Å². The summed E-state index contributed by atoms with van der Waals surface area (Å²) in [6.45, 7) is 5.46. The average Bonchev–Trinajstić information content (AvgIpc) is 2.45. The SMILES string of the molecule is COc1ccc([C@@H]2NC(=S)NC(C)=C2C(=O)OC(C)C)cc1Br. The Morgan fingerprint density at radius 2 is 2.09 bits per heavy atom. The molecule has 1 heterocycles. The maximum Gasteiger partial charge on any atom is 0.338 e. The number of halogens is 1. The minimum Gasteiger partial charge on any atom is -0.496 e. The molecule has 0 unspecified atom stereocenters. The molecule has 0 radical (unpaired) electrons. The van der Waals surface area contributed by atoms with Gasteiger partial charge in [0.15, 0.2) is 5.11 Å². The standard InChI is InChI=1S/C16H19BrN2O3S/c1-8(2)22-15(20)13-9(3)18-16(23)19-14(13)10-5-6-12(21-4)11(17)7-10/h5-8,14H,1-4H3,(H2,18,19,23)/t14-/m0/s1. The second kappa shape index (κ2) is 7.31. The molecule has 0 amide bonds. The number of allylic oxidation sites excluding steroid dienone is 1. The van der Waals surface area contributed by atoms with Gasteiger partial charge in [0, 0.05) is 5.70 Å². The Balaban J connectivity index is 2.44. The van der Waals surface area contributed by atoms with Gasteiger partial charge in [0.25, 0.3) is 0 Å². The number of nitrogens with one attached hydrogen (secondary N) is 2. The number of carbonyl (C=O) groups excluding carboxylic acids is 1. The van der Waals surface area contributed by atoms with Gasteiger partial charge in [-0.3, -0.25) is 0 Å². The number of ether oxygens (including phenoxy) is 2. The normalized spacial score (nSPS) is 17.7. The minimum absolute atomic E-state index is 0.195. The third-order valence-corrected chi connectivity index (χ3v) is 4.18. The van der Waals surface area contributed by atoms with Crippen molar-refractivity contribution in [2.24, 2.45) is 0 Å². The van der Waals surface area contributed by atoms with Crippen molar-refractivity contribution in [1.82, 2.24) is 10.6 Å². The number of benzene rings is 1. The zero-order valence-electron chi connectivity index (χ0n) is 13.4. The predicted molar refractivity (Wildman–Crippen MR) is 96.2 cm³/mol. The summed E-state index contributed by atoms with van der Waals surface area (Å²) in [5.74, 6) is 0.356. The number of rotatable bonds is 4. The Bertz CT molecular complexity index is 673. The molecule has 2 rings (SSSR count). The van der Waals surface area contributed by atoms with E-state index >= 15 is 0 Å². The van der Waals surface area contributed by atoms with Gasteiger partial charge >= 0.3 is 5.97 Å². The quantitative estimate of drug-likeness (QED) is 0.599. The van der Waals surface area contributed by atoms with Gasteiger partial charge in [-0.2, -0.15) is 0 Å². The summed E-state index contributed by atoms with van der Waals surface area (Å²) in [5, 5.41) is 6.59. The van der Waals surface area contributed by atoms with Crippen molar-refractivity contribution < 1.29 is 14.3 Å². The molecule has 2 N–H and O–H groups in total. The van der Waals surface area contributed by atoms with Crippen LogP contribution in [-0.2, 0) is 9.53 Å². The summed E-state index contributed by atoms with van der Waals surface area (Å²) < 4.78 is 11.4. The molecule has 0 aromatic heterocycles. The van der Waals surface area contributed by atoms with Crippen molar-refractivity contribution in [3.05, 3.63) is 39.5 Å². The monoisotopic (exact) mass is 398 g/mol. The summed E-state index contributed by atoms with van der Waals surface area (Å²) in [6, 6.07) is 5.26. The fourth-order valence-electron chi connectivity index (χ4n) is 2.35. The van der Waals surface area contributed by atoms with E-state index in [9.17, 15) is 4.79 Å². The molecule has 7 heteroatoms. The number of methoxy groups -OCH3 is 1. The molecule has 5 nitrogen and oxygen atoms in total. The highest BCUT2D eigenvalue weighted by Gasteiger charge is 2.31. The molecule has 1 aromatic rings. The second-order valence-corrected chi connectivity index (χ2v) is 6.68. The van der Waals surface area contributed by atoms with E-state index in [0.29, 0.717) is 16.4 Å². The van der Waals surface area contributed by atoms with E-state index in [-0.39, 0.29) is 18.1 Å². The van der Waals surface area contributed by atoms with Crippen molar-refractivity contribution in [3.63, 3.8) is 0 Å². The van der Waals surface area contributed by atoms with Crippen LogP contribution in [0.1, 0.15) is 32.4 Å². The third kappa shape index (κ3) is 4.03. The van der Waals surface area contributed by atoms with E-state index in [4.69, 9.17) is 21.7 Å². The highest BCUT2D eigenvalue weighted by atomic mass is 79.9. The van der Waals surface area contributed by atoms with Gasteiger partial charge in [-0.05, 0) is 66.6 Å². The number of hydrogen-bond acceptors (Lipinski definition) is 4. The van der Waals surface area contributed by atoms with E-state index in [0.717, 1.165) is 15.8 Å². The number of carbonyl (C=O) groups is 1. The molecule has 0 fully saturated rings. The Hall–Kier alpha value is -1.60. The Morgan fingerprint density at radius 1 is 1.39 bits per heavy atom. The lowest BCUT2D eigenvalue weighted by Crippen LogP contribution is -2.45. The maximum absolute atomic E-state index is 12.5. The van der Waals surface area contributed by atoms with E-state index < -0.39 is 0 Å². The van der Waals surface area contributed by atoms with Crippen molar-refractivity contribution >= 4 is 39.2 Å². The molecule has 1 aromatic carbocycles. The first-order valence-corrected chi connectivity index (χ1v) is 8.36. The Kier molecular flexibility index (Phi) is 5.64. The third-order valence-electron chi connectivity index (χ3n) is 3.34. The van der Waals surface area contributed by atoms with E-state index in [2.05, 4.69) is 26.6 Å². The summed E-state index contributed by atoms with van der Waals surface area (Å²) >= 11 is 8.69. The smallest absolute Gasteiger partial charge is 0.338 e. The molecule has 0 saturated heterocycles. The summed E-state index contributed by atoms with van der Waals surface area (Å²) in [4.78, 5) is 12.5. The summed E-state index contributed by atoms with van der Waals surface area (Å²) in [7, 11) is 1.60. The lowest BCUT2D eigenvalue weighted by molar-refractivity contribution is -0.143. The van der Waals surface area contributed by atoms with Crippen molar-refractivity contribution in [1.29, 1.82) is 0 Å². The number of esters is 1. The molecular weight excluding hydrogens is 380 g/mol. The van der Waals surface area contributed by atoms with Crippen LogP contribution in [0.5, 0.6) is 5.75 Å². The Morgan fingerprint density at radius 3 is 2.65 bits per heavy atom. The van der Waals surface area contributed by atoms with Crippen molar-refractivity contribution in [2.75, 3.05) is 7.11 Å². The van der Waals surface area contributed by atoms with Gasteiger partial charge < -0.3 is 20.1 Å². The number of hydrogen-bond donors (Lipinski definition) is 2. The molecule has 0 aliphatic carbocycles. The van der Waals surface area contributed by atoms with Crippen LogP contribution in [0.2, 0.25) is 0 Å². The fraction of sp³-hybridized carbons (Fsp3) is 0.375. The topological polar surface area (TPSA) is 59.6 Å². The van der Waals surface area contributed by atoms with Gasteiger partial charge in [0.05, 0.1) is 29.3 Å². The fourth-order valence-corrected chi connectivity index (χ4v) is 3.18. The lowest BCUT2D eigenvalue weighted by Gasteiger charge is -2.30. The average molecular weight is 399 g/mol. The molecule has 0 saturated carbocycles. The second-order valence-electron chi connectivity index (χ2n) is 5.42. The molecular formula is C16H19BrN2O3S. The lowest BCUT2D eigenvalue weighted by atomic mass is 9.95. The molecule has 1 aliphatic heterocycles. The molecule has 1 aliphatic rings. The van der Waals surface area contributed by atoms with Crippen LogP contribution in [0.3, 0.4) is 0 Å². The van der Waals surface area contributed by atoms with Gasteiger partial charge in [0.1, 0.15) is 5.75 Å². The van der Waals surface area contributed by atoms with Crippen LogP contribution in [0.15, 0.2) is 33.9 Å². The van der Waals surface area contributed by atoms with Crippen LogP contribution in [0.25, 0.3) is 0 Å². The van der Waals surface area contributed by atoms with Crippen LogP contribution < -0.4 is 15.4 Å². The van der Waals surface area contributed by atoms with E-state index in [1.165, 1.54) is 0 Å². The van der Waals surface area contributed by atoms with Crippen molar-refractivity contribution in [3.8, 4) is 5.75 Å². The zero-order valence-corrected chi connectivity index (χ0v) is 15.8. The number of thiocarbonyl (C=S) groups is 1. The van der Waals surface area contributed by atoms with Gasteiger partial charge in [-0.1, -0.05) is 6.07 Å². The van der Waals surface area contributed by atoms with Gasteiger partial charge in [0.2, 0.25) is 0 Å².